The SMILES string of the molecule is CC(C)CN=[N+]=N.CC(C)CN=[N+]=N.CC(C)CNC(=O)c1cc(CC(C)C)ccc1P(c1ccccc1)c1ccccc1.COP(=O)(NCC(C)C)Oc1ccc(CC(C)C)cc1.COP(OC)Oc1ccc(CC(C)C)cc1.Cc1cc(CC(C)C)ccc1P(c1ccccc1)c1ccccc1. The number of aryl methyl sites for hydroxylation is 1. The minimum atomic E-state index is -3.27. The topological polar surface area (TPSA) is 205 Å². The van der Waals surface area contributed by atoms with E-state index >= 15 is 0 Å². The Morgan fingerprint density at radius 3 is 1.11 bits per heavy atom. The molecule has 8 aromatic carbocycles. The summed E-state index contributed by atoms with van der Waals surface area (Å²) in [6, 6.07) is 72.3. The zero-order valence-electron chi connectivity index (χ0n) is 65.8. The third-order valence-corrected chi connectivity index (χ3v) is 22.4. The maximum Gasteiger partial charge on any atom is 0.458 e. The molecule has 104 heavy (non-hydrogen) atoms. The van der Waals surface area contributed by atoms with E-state index in [1.807, 2.05) is 90.1 Å². The van der Waals surface area contributed by atoms with E-state index in [1.165, 1.54) is 61.4 Å². The van der Waals surface area contributed by atoms with Gasteiger partial charge < -0.3 is 23.4 Å². The third-order valence-electron chi connectivity index (χ3n) is 14.9. The van der Waals surface area contributed by atoms with E-state index in [2.05, 4.69) is 264 Å². The molecule has 0 saturated carbocycles. The molecule has 0 aromatic heterocycles. The molecule has 4 N–H and O–H groups in total. The Morgan fingerprint density at radius 1 is 0.433 bits per heavy atom. The number of benzene rings is 8. The van der Waals surface area contributed by atoms with Crippen molar-refractivity contribution in [2.75, 3.05) is 47.5 Å². The molecule has 0 bridgehead atoms. The van der Waals surface area contributed by atoms with Gasteiger partial charge in [-0.2, -0.15) is 0 Å². The minimum absolute atomic E-state index is 0.0312. The van der Waals surface area contributed by atoms with Crippen LogP contribution in [-0.2, 0) is 43.8 Å². The van der Waals surface area contributed by atoms with E-state index in [0.29, 0.717) is 79.3 Å². The molecule has 0 heterocycles. The standard InChI is InChI=1S/C27H32NOP.C23H25P.C15H26NO3P.C12H19O3P.2C4H10N3/c1-20(2)17-22-15-16-26(25(18-22)27(29)28-19-21(3)4)30(23-11-7-5-8-12-23)24-13-9-6-10-14-24;1-18(2)16-20-14-15-23(19(3)17-20)24(21-10-6-4-7-11-21)22-12-8-5-9-13-22;1-12(2)10-14-6-8-15(9-7-14)19-20(17,18-5)16-11-13(3)4;1-10(2)9-11-5-7-12(8-6-11)15-16(13-3)14-4;2*1-4(2)3-6-7-5/h5-16,18,20-21H,17,19H2,1-4H3,(H,28,29);4-15,17-18H,16H2,1-3H3;6-9,12-13H,10-11H2,1-5H3,(H,16,17);5-8,10H,9H2,1-4H3;2*4-5H,3H2,1-2H3/q;;;;2*+1. The predicted molar refractivity (Wildman–Crippen MR) is 443 cm³/mol. The van der Waals surface area contributed by atoms with Gasteiger partial charge in [-0.05, 0) is 186 Å². The van der Waals surface area contributed by atoms with Gasteiger partial charge in [-0.1, -0.05) is 287 Å². The van der Waals surface area contributed by atoms with Gasteiger partial charge in [0.25, 0.3) is 5.91 Å². The minimum Gasteiger partial charge on any atom is -0.427 e. The molecule has 0 saturated heterocycles. The monoisotopic (exact) mass is 1490 g/mol. The van der Waals surface area contributed by atoms with Crippen LogP contribution in [0.5, 0.6) is 11.5 Å². The zero-order chi connectivity index (χ0) is 77.0. The van der Waals surface area contributed by atoms with Crippen molar-refractivity contribution in [1.82, 2.24) is 20.2 Å². The number of hydrogen-bond acceptors (Lipinski definition) is 11. The number of nitrogens with one attached hydrogen (secondary N) is 4. The summed E-state index contributed by atoms with van der Waals surface area (Å²) in [5.74, 6) is 5.72. The first-order chi connectivity index (χ1) is 49.6. The van der Waals surface area contributed by atoms with Gasteiger partial charge in [-0.15, -0.1) is 0 Å². The van der Waals surface area contributed by atoms with E-state index in [1.54, 1.807) is 14.2 Å². The van der Waals surface area contributed by atoms with Crippen LogP contribution in [0.3, 0.4) is 0 Å². The average molecular weight is 1490 g/mol. The van der Waals surface area contributed by atoms with E-state index in [-0.39, 0.29) is 5.91 Å². The number of amides is 1. The Bertz CT molecular complexity index is 3680. The molecule has 0 aliphatic heterocycles. The molecule has 19 heteroatoms. The molecule has 0 aliphatic carbocycles. The quantitative estimate of drug-likeness (QED) is 0.0186. The first kappa shape index (κ1) is 91.0. The van der Waals surface area contributed by atoms with Crippen LogP contribution in [0.4, 0.5) is 0 Å². The maximum absolute atomic E-state index is 13.3. The summed E-state index contributed by atoms with van der Waals surface area (Å²) in [7, 11) is -1.31. The Labute approximate surface area is 629 Å². The van der Waals surface area contributed by atoms with Crippen molar-refractivity contribution < 1.29 is 32.0 Å². The summed E-state index contributed by atoms with van der Waals surface area (Å²) in [5, 5.41) is 20.9. The molecule has 1 unspecified atom stereocenters. The van der Waals surface area contributed by atoms with Crippen LogP contribution in [-0.4, -0.2) is 53.4 Å². The molecule has 0 spiro atoms. The Balaban J connectivity index is 0.000000345. The van der Waals surface area contributed by atoms with E-state index in [0.717, 1.165) is 42.3 Å². The number of hydrogen-bond donors (Lipinski definition) is 4. The largest absolute Gasteiger partial charge is 0.458 e. The zero-order valence-corrected chi connectivity index (χ0v) is 69.4. The Kier molecular flexibility index (Phi) is 44.7. The van der Waals surface area contributed by atoms with Gasteiger partial charge >= 0.3 is 16.3 Å². The fourth-order valence-electron chi connectivity index (χ4n) is 10.2. The van der Waals surface area contributed by atoms with Crippen molar-refractivity contribution in [3.8, 4) is 11.5 Å². The highest BCUT2D eigenvalue weighted by Crippen LogP contribution is 2.44. The van der Waals surface area contributed by atoms with E-state index in [9.17, 15) is 9.36 Å². The fourth-order valence-corrected chi connectivity index (χ4v) is 16.9. The molecule has 0 radical (unpaired) electrons. The molecule has 1 atom stereocenters. The van der Waals surface area contributed by atoms with Crippen molar-refractivity contribution in [2.24, 2.45) is 57.6 Å². The molecular weight excluding hydrogens is 1370 g/mol. The second-order valence-electron chi connectivity index (χ2n) is 28.6. The first-order valence-electron chi connectivity index (χ1n) is 36.4. The smallest absolute Gasteiger partial charge is 0.427 e. The van der Waals surface area contributed by atoms with E-state index < -0.39 is 32.2 Å². The summed E-state index contributed by atoms with van der Waals surface area (Å²) in [4.78, 5) is 19.0. The first-order valence-corrected chi connectivity index (χ1v) is 41.7. The van der Waals surface area contributed by atoms with Crippen LogP contribution in [0.2, 0.25) is 0 Å². The van der Waals surface area contributed by atoms with Gasteiger partial charge in [0.2, 0.25) is 9.82 Å². The second kappa shape index (κ2) is 51.1. The van der Waals surface area contributed by atoms with Gasteiger partial charge in [0.05, 0.1) is 0 Å². The van der Waals surface area contributed by atoms with Crippen molar-refractivity contribution in [2.45, 2.75) is 143 Å². The lowest BCUT2D eigenvalue weighted by atomic mass is 10.0. The van der Waals surface area contributed by atoms with Crippen LogP contribution in [0.25, 0.3) is 0 Å². The lowest BCUT2D eigenvalue weighted by molar-refractivity contribution is 0.0950. The Morgan fingerprint density at radius 2 is 0.779 bits per heavy atom. The lowest BCUT2D eigenvalue weighted by Gasteiger charge is -2.23. The van der Waals surface area contributed by atoms with Gasteiger partial charge in [-0.3, -0.25) is 9.32 Å². The van der Waals surface area contributed by atoms with Crippen molar-refractivity contribution >= 4 is 69.9 Å². The predicted octanol–water partition coefficient (Wildman–Crippen LogP) is 20.4. The normalized spacial score (nSPS) is 11.5. The van der Waals surface area contributed by atoms with Crippen LogP contribution in [0.15, 0.2) is 216 Å². The highest BCUT2D eigenvalue weighted by Gasteiger charge is 2.26. The molecular formula is C85H122N8O7P4+2. The molecule has 8 rings (SSSR count). The van der Waals surface area contributed by atoms with Gasteiger partial charge in [0.1, 0.15) is 45.9 Å². The number of carbonyl (C=O) groups excluding carboxylic acids is 1. The second-order valence-corrected chi connectivity index (χ2v) is 36.2. The number of rotatable bonds is 31. The lowest BCUT2D eigenvalue weighted by Crippen LogP contribution is -2.33. The highest BCUT2D eigenvalue weighted by atomic mass is 31.2. The van der Waals surface area contributed by atoms with Crippen LogP contribution < -0.4 is 61.1 Å². The molecule has 0 aliphatic rings. The number of nitrogens with zero attached hydrogens (tertiary/aromatic N) is 4. The molecule has 562 valence electrons. The summed E-state index contributed by atoms with van der Waals surface area (Å²) in [5.41, 5.74) is 20.0. The summed E-state index contributed by atoms with van der Waals surface area (Å²) < 4.78 is 38.4. The van der Waals surface area contributed by atoms with Gasteiger partial charge in [-0.25, -0.2) is 9.65 Å². The van der Waals surface area contributed by atoms with Crippen LogP contribution >= 0.6 is 32.2 Å². The Hall–Kier alpha value is -7.19. The van der Waals surface area contributed by atoms with Crippen LogP contribution in [0.1, 0.15) is 149 Å². The third kappa shape index (κ3) is 37.2. The van der Waals surface area contributed by atoms with Gasteiger partial charge in [0.15, 0.2) is 0 Å². The maximum atomic E-state index is 13.3. The van der Waals surface area contributed by atoms with E-state index in [4.69, 9.17) is 33.7 Å². The molecule has 15 nitrogen and oxygen atoms in total. The average Bonchev–Trinajstić information content (AvgIpc) is 0.795. The van der Waals surface area contributed by atoms with Crippen molar-refractivity contribution in [3.05, 3.63) is 240 Å². The fraction of sp³-hybridized carbons (Fsp3) is 0.424. The number of carbonyl (C=O) groups is 1. The van der Waals surface area contributed by atoms with Crippen LogP contribution in [0, 0.1) is 65.3 Å². The highest BCUT2D eigenvalue weighted by molar-refractivity contribution is 7.80. The summed E-state index contributed by atoms with van der Waals surface area (Å²) >= 11 is 0. The molecule has 0 fully saturated rings. The van der Waals surface area contributed by atoms with Gasteiger partial charge in [0, 0.05) is 40.0 Å². The summed E-state index contributed by atoms with van der Waals surface area (Å²) in [6.07, 6.45) is 4.23. The molecule has 1 amide bonds. The summed E-state index contributed by atoms with van der Waals surface area (Å²) in [6.45, 7) is 39.1. The van der Waals surface area contributed by atoms with Crippen molar-refractivity contribution in [1.29, 1.82) is 11.1 Å². The van der Waals surface area contributed by atoms with Crippen molar-refractivity contribution in [3.63, 3.8) is 0 Å². The molecule has 8 aromatic rings.